The Morgan fingerprint density at radius 3 is 2.34 bits per heavy atom. The predicted octanol–water partition coefficient (Wildman–Crippen LogP) is 3.97. The summed E-state index contributed by atoms with van der Waals surface area (Å²) in [6.45, 7) is 8.14. The molecule has 41 heavy (non-hydrogen) atoms. The SMILES string of the molecule is CNC(=O)c1cccnc1N1CCN(C(=O)c2cc(NC3CCN(c4ccccc4C#N)CC3)c(C)cc2C)CC1. The van der Waals surface area contributed by atoms with Crippen LogP contribution in [-0.4, -0.2) is 74.1 Å². The van der Waals surface area contributed by atoms with Crippen LogP contribution in [0.15, 0.2) is 54.7 Å². The highest BCUT2D eigenvalue weighted by molar-refractivity contribution is 5.99. The van der Waals surface area contributed by atoms with Crippen molar-refractivity contribution in [3.63, 3.8) is 0 Å². The van der Waals surface area contributed by atoms with Crippen LogP contribution in [0.5, 0.6) is 0 Å². The molecule has 0 saturated carbocycles. The van der Waals surface area contributed by atoms with Crippen molar-refractivity contribution >= 4 is 29.0 Å². The number of benzene rings is 2. The molecule has 2 saturated heterocycles. The van der Waals surface area contributed by atoms with Crippen LogP contribution in [0.4, 0.5) is 17.2 Å². The van der Waals surface area contributed by atoms with E-state index in [-0.39, 0.29) is 11.8 Å². The number of carbonyl (C=O) groups excluding carboxylic acids is 2. The second-order valence-corrected chi connectivity index (χ2v) is 10.7. The van der Waals surface area contributed by atoms with E-state index < -0.39 is 0 Å². The zero-order chi connectivity index (χ0) is 28.9. The highest BCUT2D eigenvalue weighted by atomic mass is 16.2. The number of piperazine rings is 1. The number of carbonyl (C=O) groups is 2. The van der Waals surface area contributed by atoms with E-state index in [1.807, 2.05) is 42.2 Å². The minimum atomic E-state index is -0.167. The topological polar surface area (TPSA) is 105 Å². The van der Waals surface area contributed by atoms with Crippen LogP contribution in [-0.2, 0) is 0 Å². The van der Waals surface area contributed by atoms with Gasteiger partial charge in [-0.15, -0.1) is 0 Å². The van der Waals surface area contributed by atoms with Crippen molar-refractivity contribution in [3.8, 4) is 6.07 Å². The van der Waals surface area contributed by atoms with E-state index in [0.717, 1.165) is 54.0 Å². The molecular formula is C32H37N7O2. The number of piperidine rings is 1. The van der Waals surface area contributed by atoms with Gasteiger partial charge in [0, 0.05) is 69.8 Å². The number of nitrogens with one attached hydrogen (secondary N) is 2. The van der Waals surface area contributed by atoms with Crippen molar-refractivity contribution in [1.29, 1.82) is 5.26 Å². The monoisotopic (exact) mass is 551 g/mol. The van der Waals surface area contributed by atoms with Crippen LogP contribution in [0, 0.1) is 25.2 Å². The molecule has 3 aromatic rings. The van der Waals surface area contributed by atoms with Gasteiger partial charge in [0.1, 0.15) is 11.9 Å². The van der Waals surface area contributed by atoms with Crippen LogP contribution >= 0.6 is 0 Å². The zero-order valence-corrected chi connectivity index (χ0v) is 24.0. The van der Waals surface area contributed by atoms with Gasteiger partial charge in [-0.25, -0.2) is 4.98 Å². The number of hydrogen-bond donors (Lipinski definition) is 2. The number of para-hydroxylation sites is 1. The minimum absolute atomic E-state index is 0.0284. The Balaban J connectivity index is 1.23. The lowest BCUT2D eigenvalue weighted by molar-refractivity contribution is 0.0745. The molecule has 0 aliphatic carbocycles. The van der Waals surface area contributed by atoms with Gasteiger partial charge in [0.2, 0.25) is 0 Å². The number of anilines is 3. The number of hydrogen-bond acceptors (Lipinski definition) is 7. The molecule has 9 nitrogen and oxygen atoms in total. The fraction of sp³-hybridized carbons (Fsp3) is 0.375. The number of nitriles is 1. The summed E-state index contributed by atoms with van der Waals surface area (Å²) in [5, 5.41) is 15.9. The van der Waals surface area contributed by atoms with E-state index in [9.17, 15) is 14.9 Å². The maximum atomic E-state index is 13.7. The van der Waals surface area contributed by atoms with Crippen LogP contribution in [0.2, 0.25) is 0 Å². The third-order valence-corrected chi connectivity index (χ3v) is 8.15. The second-order valence-electron chi connectivity index (χ2n) is 10.7. The predicted molar refractivity (Wildman–Crippen MR) is 162 cm³/mol. The normalized spacial score (nSPS) is 15.8. The van der Waals surface area contributed by atoms with Crippen molar-refractivity contribution in [2.45, 2.75) is 32.7 Å². The van der Waals surface area contributed by atoms with Gasteiger partial charge in [0.15, 0.2) is 0 Å². The highest BCUT2D eigenvalue weighted by Crippen LogP contribution is 2.28. The quantitative estimate of drug-likeness (QED) is 0.478. The van der Waals surface area contributed by atoms with Gasteiger partial charge in [-0.05, 0) is 68.1 Å². The van der Waals surface area contributed by atoms with Gasteiger partial charge < -0.3 is 25.3 Å². The van der Waals surface area contributed by atoms with Gasteiger partial charge in [-0.2, -0.15) is 5.26 Å². The first-order chi connectivity index (χ1) is 19.9. The molecule has 212 valence electrons. The number of rotatable bonds is 6. The molecule has 0 unspecified atom stereocenters. The summed E-state index contributed by atoms with van der Waals surface area (Å²) in [5.74, 6) is 0.513. The molecular weight excluding hydrogens is 514 g/mol. The van der Waals surface area contributed by atoms with Crippen molar-refractivity contribution < 1.29 is 9.59 Å². The Morgan fingerprint density at radius 2 is 1.63 bits per heavy atom. The largest absolute Gasteiger partial charge is 0.382 e. The molecule has 5 rings (SSSR count). The van der Waals surface area contributed by atoms with E-state index >= 15 is 0 Å². The Kier molecular flexibility index (Phi) is 8.39. The Labute approximate surface area is 241 Å². The molecule has 0 atom stereocenters. The summed E-state index contributed by atoms with van der Waals surface area (Å²) in [7, 11) is 1.61. The van der Waals surface area contributed by atoms with E-state index in [0.29, 0.717) is 49.2 Å². The molecule has 2 fully saturated rings. The molecule has 1 aromatic heterocycles. The lowest BCUT2D eigenvalue weighted by atomic mass is 9.99. The van der Waals surface area contributed by atoms with Crippen LogP contribution < -0.4 is 20.4 Å². The first kappa shape index (κ1) is 28.0. The van der Waals surface area contributed by atoms with Crippen molar-refractivity contribution in [1.82, 2.24) is 15.2 Å². The Morgan fingerprint density at radius 1 is 0.902 bits per heavy atom. The Bertz CT molecular complexity index is 1470. The van der Waals surface area contributed by atoms with Crippen LogP contribution in [0.1, 0.15) is 50.2 Å². The number of aryl methyl sites for hydroxylation is 2. The molecule has 2 N–H and O–H groups in total. The smallest absolute Gasteiger partial charge is 0.254 e. The molecule has 2 aromatic carbocycles. The van der Waals surface area contributed by atoms with Gasteiger partial charge >= 0.3 is 0 Å². The number of aromatic nitrogens is 1. The minimum Gasteiger partial charge on any atom is -0.382 e. The summed E-state index contributed by atoms with van der Waals surface area (Å²) < 4.78 is 0. The first-order valence-corrected chi connectivity index (χ1v) is 14.2. The van der Waals surface area contributed by atoms with Gasteiger partial charge in [-0.1, -0.05) is 18.2 Å². The van der Waals surface area contributed by atoms with Crippen molar-refractivity contribution in [3.05, 3.63) is 82.5 Å². The fourth-order valence-electron chi connectivity index (χ4n) is 5.82. The number of nitrogens with zero attached hydrogens (tertiary/aromatic N) is 5. The van der Waals surface area contributed by atoms with E-state index in [4.69, 9.17) is 0 Å². The Hall–Kier alpha value is -4.58. The van der Waals surface area contributed by atoms with Gasteiger partial charge in [-0.3, -0.25) is 9.59 Å². The second kappa shape index (κ2) is 12.3. The summed E-state index contributed by atoms with van der Waals surface area (Å²) >= 11 is 0. The molecule has 9 heteroatoms. The lowest BCUT2D eigenvalue weighted by Crippen LogP contribution is -2.49. The number of amides is 2. The lowest BCUT2D eigenvalue weighted by Gasteiger charge is -2.36. The summed E-state index contributed by atoms with van der Waals surface area (Å²) in [6.07, 6.45) is 3.59. The maximum Gasteiger partial charge on any atom is 0.254 e. The molecule has 0 bridgehead atoms. The van der Waals surface area contributed by atoms with E-state index in [1.54, 1.807) is 25.4 Å². The van der Waals surface area contributed by atoms with Crippen LogP contribution in [0.3, 0.4) is 0 Å². The van der Waals surface area contributed by atoms with Crippen LogP contribution in [0.25, 0.3) is 0 Å². The van der Waals surface area contributed by atoms with E-state index in [2.05, 4.69) is 44.5 Å². The molecule has 2 aliphatic heterocycles. The van der Waals surface area contributed by atoms with E-state index in [1.165, 1.54) is 0 Å². The molecule has 3 heterocycles. The maximum absolute atomic E-state index is 13.7. The molecule has 0 radical (unpaired) electrons. The first-order valence-electron chi connectivity index (χ1n) is 14.2. The highest BCUT2D eigenvalue weighted by Gasteiger charge is 2.27. The van der Waals surface area contributed by atoms with Gasteiger partial charge in [0.05, 0.1) is 16.8 Å². The van der Waals surface area contributed by atoms with Crippen molar-refractivity contribution in [2.24, 2.45) is 0 Å². The molecule has 2 aliphatic rings. The average Bonchev–Trinajstić information content (AvgIpc) is 3.02. The summed E-state index contributed by atoms with van der Waals surface area (Å²) in [5.41, 5.74) is 6.06. The summed E-state index contributed by atoms with van der Waals surface area (Å²) in [6, 6.07) is 18.0. The summed E-state index contributed by atoms with van der Waals surface area (Å²) in [4.78, 5) is 36.7. The molecule has 0 spiro atoms. The van der Waals surface area contributed by atoms with Crippen molar-refractivity contribution in [2.75, 3.05) is 61.4 Å². The third-order valence-electron chi connectivity index (χ3n) is 8.15. The third kappa shape index (κ3) is 5.97. The fourth-order valence-corrected chi connectivity index (χ4v) is 5.82. The molecule has 2 amide bonds. The zero-order valence-electron chi connectivity index (χ0n) is 24.0. The average molecular weight is 552 g/mol. The van der Waals surface area contributed by atoms with Gasteiger partial charge in [0.25, 0.3) is 11.8 Å². The standard InChI is InChI=1S/C32H37N7O2/c1-22-19-23(2)28(36-25-10-13-37(14-11-25)29-9-5-4-7-24(29)21-33)20-27(22)32(41)39-17-15-38(16-18-39)30-26(31(40)34-3)8-6-12-35-30/h4-9,12,19-20,25,36H,10-11,13-18H2,1-3H3,(H,34,40). The number of pyridine rings is 1.